The van der Waals surface area contributed by atoms with E-state index in [2.05, 4.69) is 19.6 Å². The molecule has 2 unspecified atom stereocenters. The lowest BCUT2D eigenvalue weighted by atomic mass is 9.98. The second-order valence-electron chi connectivity index (χ2n) is 7.41. The van der Waals surface area contributed by atoms with E-state index in [9.17, 15) is 13.6 Å². The third kappa shape index (κ3) is 3.61. The van der Waals surface area contributed by atoms with E-state index in [0.717, 1.165) is 36.1 Å². The highest BCUT2D eigenvalue weighted by Gasteiger charge is 2.38. The molecule has 0 saturated carbocycles. The van der Waals surface area contributed by atoms with Crippen molar-refractivity contribution in [2.24, 2.45) is 0 Å². The van der Waals surface area contributed by atoms with Gasteiger partial charge in [0.05, 0.1) is 12.8 Å². The van der Waals surface area contributed by atoms with Gasteiger partial charge in [0.1, 0.15) is 5.82 Å². The van der Waals surface area contributed by atoms with E-state index < -0.39 is 6.61 Å². The molecule has 6 nitrogen and oxygen atoms in total. The maximum Gasteiger partial charge on any atom is 0.387 e. The summed E-state index contributed by atoms with van der Waals surface area (Å²) in [5.41, 5.74) is 2.61. The molecule has 0 amide bonds. The van der Waals surface area contributed by atoms with Crippen LogP contribution < -0.4 is 15.0 Å². The number of ether oxygens (including phenoxy) is 2. The summed E-state index contributed by atoms with van der Waals surface area (Å²) in [6.07, 6.45) is 3.51. The molecule has 2 aromatic rings. The summed E-state index contributed by atoms with van der Waals surface area (Å²) >= 11 is 0. The average Bonchev–Trinajstić information content (AvgIpc) is 2.91. The highest BCUT2D eigenvalue weighted by atomic mass is 19.3. The van der Waals surface area contributed by atoms with Crippen LogP contribution in [0.5, 0.6) is 11.5 Å². The number of nitrogens with one attached hydrogen (secondary N) is 1. The van der Waals surface area contributed by atoms with Gasteiger partial charge in [0.25, 0.3) is 5.56 Å². The Morgan fingerprint density at radius 1 is 1.25 bits per heavy atom. The number of aryl methyl sites for hydroxylation is 1. The molecule has 2 aliphatic heterocycles. The number of alkyl halides is 2. The number of fused-ring (bicyclic) bond motifs is 3. The third-order valence-corrected chi connectivity index (χ3v) is 5.67. The van der Waals surface area contributed by atoms with Crippen molar-refractivity contribution in [1.82, 2.24) is 14.9 Å². The monoisotopic (exact) mass is 391 g/mol. The third-order valence-electron chi connectivity index (χ3n) is 5.67. The van der Waals surface area contributed by atoms with Crippen LogP contribution in [0, 0.1) is 6.92 Å². The van der Waals surface area contributed by atoms with Gasteiger partial charge in [0, 0.05) is 30.6 Å². The van der Waals surface area contributed by atoms with Crippen LogP contribution in [-0.2, 0) is 19.4 Å². The lowest BCUT2D eigenvalue weighted by Crippen LogP contribution is -2.36. The first-order valence-corrected chi connectivity index (χ1v) is 9.40. The zero-order chi connectivity index (χ0) is 19.8. The molecule has 2 aliphatic rings. The van der Waals surface area contributed by atoms with Crippen molar-refractivity contribution in [2.75, 3.05) is 7.11 Å². The van der Waals surface area contributed by atoms with E-state index in [4.69, 9.17) is 4.74 Å². The average molecular weight is 391 g/mol. The van der Waals surface area contributed by atoms with Crippen molar-refractivity contribution in [3.63, 3.8) is 0 Å². The molecule has 1 aromatic carbocycles. The highest BCUT2D eigenvalue weighted by Crippen LogP contribution is 2.35. The maximum absolute atomic E-state index is 12.5. The summed E-state index contributed by atoms with van der Waals surface area (Å²) < 4.78 is 34.8. The first-order chi connectivity index (χ1) is 13.4. The quantitative estimate of drug-likeness (QED) is 0.849. The van der Waals surface area contributed by atoms with Gasteiger partial charge < -0.3 is 14.5 Å². The van der Waals surface area contributed by atoms with E-state index in [1.54, 1.807) is 19.1 Å². The number of benzene rings is 1. The van der Waals surface area contributed by atoms with Crippen molar-refractivity contribution >= 4 is 0 Å². The summed E-state index contributed by atoms with van der Waals surface area (Å²) in [4.78, 5) is 22.2. The molecule has 8 heteroatoms. The molecule has 2 bridgehead atoms. The summed E-state index contributed by atoms with van der Waals surface area (Å²) in [5.74, 6) is 0.961. The molecule has 4 rings (SSSR count). The Hall–Kier alpha value is -2.48. The number of hydrogen-bond donors (Lipinski definition) is 1. The summed E-state index contributed by atoms with van der Waals surface area (Å²) in [6, 6.07) is 5.62. The fourth-order valence-corrected chi connectivity index (χ4v) is 4.43. The molecular formula is C20H23F2N3O3. The second-order valence-corrected chi connectivity index (χ2v) is 7.41. The van der Waals surface area contributed by atoms with E-state index >= 15 is 0 Å². The minimum atomic E-state index is -2.89. The van der Waals surface area contributed by atoms with Crippen LogP contribution in [0.4, 0.5) is 8.78 Å². The molecule has 2 atom stereocenters. The van der Waals surface area contributed by atoms with Crippen molar-refractivity contribution < 1.29 is 18.3 Å². The van der Waals surface area contributed by atoms with Crippen LogP contribution in [0.2, 0.25) is 0 Å². The van der Waals surface area contributed by atoms with Gasteiger partial charge >= 0.3 is 6.61 Å². The standard InChI is InChI=1S/C20H23F2N3O3/c1-11-23-16-9-14-5-4-13(8-15(16)19(26)24-11)25(14)10-12-3-6-17(28-20(21)22)18(7-12)27-2/h3,6-7,13-14,20H,4-5,8-10H2,1-2H3,(H,23,24,26). The van der Waals surface area contributed by atoms with Crippen molar-refractivity contribution in [1.29, 1.82) is 0 Å². The number of halogens is 2. The largest absolute Gasteiger partial charge is 0.493 e. The van der Waals surface area contributed by atoms with Crippen LogP contribution in [0.25, 0.3) is 0 Å². The first-order valence-electron chi connectivity index (χ1n) is 9.40. The minimum absolute atomic E-state index is 0.0266. The number of methoxy groups -OCH3 is 1. The number of H-pyrrole nitrogens is 1. The normalized spacial score (nSPS) is 21.5. The predicted molar refractivity (Wildman–Crippen MR) is 99.0 cm³/mol. The summed E-state index contributed by atoms with van der Waals surface area (Å²) in [5, 5.41) is 0. The minimum Gasteiger partial charge on any atom is -0.493 e. The Balaban J connectivity index is 1.58. The Kier molecular flexibility index (Phi) is 5.05. The van der Waals surface area contributed by atoms with Gasteiger partial charge in [-0.15, -0.1) is 0 Å². The van der Waals surface area contributed by atoms with Gasteiger partial charge in [-0.3, -0.25) is 9.69 Å². The second kappa shape index (κ2) is 7.50. The van der Waals surface area contributed by atoms with Gasteiger partial charge in [-0.05, 0) is 43.9 Å². The molecule has 0 radical (unpaired) electrons. The Morgan fingerprint density at radius 2 is 2.00 bits per heavy atom. The van der Waals surface area contributed by atoms with Crippen LogP contribution >= 0.6 is 0 Å². The Morgan fingerprint density at radius 3 is 2.71 bits per heavy atom. The molecule has 1 saturated heterocycles. The van der Waals surface area contributed by atoms with Crippen molar-refractivity contribution in [2.45, 2.75) is 57.8 Å². The zero-order valence-electron chi connectivity index (χ0n) is 15.9. The molecule has 1 aromatic heterocycles. The number of rotatable bonds is 5. The number of hydrogen-bond acceptors (Lipinski definition) is 5. The number of aromatic nitrogens is 2. The smallest absolute Gasteiger partial charge is 0.387 e. The lowest BCUT2D eigenvalue weighted by molar-refractivity contribution is -0.0512. The molecule has 3 heterocycles. The summed E-state index contributed by atoms with van der Waals surface area (Å²) in [7, 11) is 1.43. The zero-order valence-corrected chi connectivity index (χ0v) is 15.9. The van der Waals surface area contributed by atoms with E-state index in [0.29, 0.717) is 24.8 Å². The fraction of sp³-hybridized carbons (Fsp3) is 0.500. The first kappa shape index (κ1) is 18.9. The number of aromatic amines is 1. The highest BCUT2D eigenvalue weighted by molar-refractivity contribution is 5.43. The van der Waals surface area contributed by atoms with Gasteiger partial charge in [0.2, 0.25) is 0 Å². The SMILES string of the molecule is COc1cc(CN2C3CCC2Cc2c(nc(C)[nH]c2=O)C3)ccc1OC(F)F. The van der Waals surface area contributed by atoms with E-state index in [1.165, 1.54) is 13.2 Å². The van der Waals surface area contributed by atoms with Gasteiger partial charge in [-0.25, -0.2) is 4.98 Å². The van der Waals surface area contributed by atoms with Crippen LogP contribution in [0.1, 0.15) is 35.5 Å². The molecule has 0 aliphatic carbocycles. The predicted octanol–water partition coefficient (Wildman–Crippen LogP) is 2.82. The maximum atomic E-state index is 12.5. The Bertz CT molecular complexity index is 931. The van der Waals surface area contributed by atoms with Gasteiger partial charge in [-0.2, -0.15) is 8.78 Å². The lowest BCUT2D eigenvalue weighted by Gasteiger charge is -2.28. The fourth-order valence-electron chi connectivity index (χ4n) is 4.43. The van der Waals surface area contributed by atoms with Crippen molar-refractivity contribution in [3.8, 4) is 11.5 Å². The van der Waals surface area contributed by atoms with Crippen LogP contribution in [0.3, 0.4) is 0 Å². The summed E-state index contributed by atoms with van der Waals surface area (Å²) in [6.45, 7) is -0.433. The van der Waals surface area contributed by atoms with Gasteiger partial charge in [-0.1, -0.05) is 6.07 Å². The van der Waals surface area contributed by atoms with E-state index in [1.807, 2.05) is 0 Å². The molecule has 28 heavy (non-hydrogen) atoms. The molecule has 1 N–H and O–H groups in total. The van der Waals surface area contributed by atoms with Crippen LogP contribution in [0.15, 0.2) is 23.0 Å². The Labute approximate surface area is 161 Å². The molecule has 1 fully saturated rings. The van der Waals surface area contributed by atoms with Crippen molar-refractivity contribution in [3.05, 3.63) is 51.2 Å². The molecular weight excluding hydrogens is 368 g/mol. The number of nitrogens with zero attached hydrogens (tertiary/aromatic N) is 2. The van der Waals surface area contributed by atoms with Crippen LogP contribution in [-0.4, -0.2) is 40.7 Å². The van der Waals surface area contributed by atoms with Gasteiger partial charge in [0.15, 0.2) is 11.5 Å². The topological polar surface area (TPSA) is 67.5 Å². The molecule has 0 spiro atoms. The van der Waals surface area contributed by atoms with E-state index in [-0.39, 0.29) is 23.1 Å². The molecule has 150 valence electrons.